The number of amides is 2. The van der Waals surface area contributed by atoms with Crippen molar-refractivity contribution in [2.24, 2.45) is 5.92 Å². The van der Waals surface area contributed by atoms with Crippen LogP contribution < -0.4 is 0 Å². The Morgan fingerprint density at radius 1 is 1.00 bits per heavy atom. The van der Waals surface area contributed by atoms with Gasteiger partial charge in [0.2, 0.25) is 0 Å². The van der Waals surface area contributed by atoms with Gasteiger partial charge < -0.3 is 9.57 Å². The van der Waals surface area contributed by atoms with E-state index in [1.54, 1.807) is 12.1 Å². The normalized spacial score (nSPS) is 21.4. The van der Waals surface area contributed by atoms with Gasteiger partial charge >= 0.3 is 12.1 Å². The second kappa shape index (κ2) is 7.00. The monoisotopic (exact) mass is 405 g/mol. The highest BCUT2D eigenvalue weighted by atomic mass is 19.4. The Bertz CT molecular complexity index is 969. The second-order valence-electron chi connectivity index (χ2n) is 6.63. The van der Waals surface area contributed by atoms with E-state index in [-0.39, 0.29) is 29.7 Å². The maximum Gasteiger partial charge on any atom is 0.416 e. The molecular weight excluding hydrogens is 391 g/mol. The molecule has 4 rings (SSSR count). The molecule has 0 N–H and O–H groups in total. The van der Waals surface area contributed by atoms with Gasteiger partial charge in [0.1, 0.15) is 0 Å². The van der Waals surface area contributed by atoms with Gasteiger partial charge in [-0.2, -0.15) is 13.2 Å². The molecule has 0 radical (unpaired) electrons. The number of benzene rings is 2. The number of hydroxylamine groups is 2. The zero-order chi connectivity index (χ0) is 20.8. The van der Waals surface area contributed by atoms with Crippen molar-refractivity contribution in [2.75, 3.05) is 6.61 Å². The number of carbonyl (C=O) groups is 3. The Hall–Kier alpha value is -3.20. The third-order valence-corrected chi connectivity index (χ3v) is 4.91. The fraction of sp³-hybridized carbons (Fsp3) is 0.250. The van der Waals surface area contributed by atoms with E-state index in [1.165, 1.54) is 30.3 Å². The van der Waals surface area contributed by atoms with Crippen LogP contribution in [0.15, 0.2) is 48.5 Å². The van der Waals surface area contributed by atoms with Gasteiger partial charge in [-0.1, -0.05) is 35.4 Å². The summed E-state index contributed by atoms with van der Waals surface area (Å²) in [7, 11) is 0. The summed E-state index contributed by atoms with van der Waals surface area (Å²) in [6.07, 6.45) is -5.73. The van der Waals surface area contributed by atoms with Crippen LogP contribution >= 0.6 is 0 Å². The first kappa shape index (κ1) is 19.1. The van der Waals surface area contributed by atoms with Crippen molar-refractivity contribution in [1.82, 2.24) is 5.06 Å². The lowest BCUT2D eigenvalue weighted by molar-refractivity contribution is -0.176. The van der Waals surface area contributed by atoms with Crippen LogP contribution in [0, 0.1) is 5.92 Å². The summed E-state index contributed by atoms with van der Waals surface area (Å²) in [4.78, 5) is 42.4. The molecule has 0 unspecified atom stereocenters. The number of carbonyl (C=O) groups excluding carboxylic acids is 3. The minimum Gasteiger partial charge on any atom is -0.373 e. The molecule has 29 heavy (non-hydrogen) atoms. The van der Waals surface area contributed by atoms with Gasteiger partial charge in [0.15, 0.2) is 0 Å². The second-order valence-corrected chi connectivity index (χ2v) is 6.63. The lowest BCUT2D eigenvalue weighted by Crippen LogP contribution is -2.36. The van der Waals surface area contributed by atoms with Crippen molar-refractivity contribution in [3.05, 3.63) is 70.8 Å². The number of hydrogen-bond donors (Lipinski definition) is 0. The highest BCUT2D eigenvalue weighted by Gasteiger charge is 2.45. The molecule has 2 aromatic rings. The van der Waals surface area contributed by atoms with Crippen LogP contribution in [0.4, 0.5) is 13.2 Å². The summed E-state index contributed by atoms with van der Waals surface area (Å²) in [6.45, 7) is 0.0404. The molecule has 0 aromatic heterocycles. The van der Waals surface area contributed by atoms with Crippen molar-refractivity contribution in [1.29, 1.82) is 0 Å². The average Bonchev–Trinajstić information content (AvgIpc) is 3.27. The molecule has 2 heterocycles. The van der Waals surface area contributed by atoms with E-state index < -0.39 is 41.5 Å². The summed E-state index contributed by atoms with van der Waals surface area (Å²) in [5.74, 6) is -3.70. The van der Waals surface area contributed by atoms with Crippen molar-refractivity contribution < 1.29 is 37.1 Å². The van der Waals surface area contributed by atoms with Gasteiger partial charge in [0, 0.05) is 6.61 Å². The SMILES string of the molecule is O=C(ON1C(=O)c2ccccc2C1=O)[C@@H]1CCO[C@H]1c1ccccc1C(F)(F)F. The number of imide groups is 1. The summed E-state index contributed by atoms with van der Waals surface area (Å²) in [5, 5.41) is 0.345. The predicted molar refractivity (Wildman–Crippen MR) is 91.3 cm³/mol. The summed E-state index contributed by atoms with van der Waals surface area (Å²) in [5.41, 5.74) is -0.925. The van der Waals surface area contributed by atoms with Gasteiger partial charge in [-0.3, -0.25) is 9.59 Å². The molecule has 1 saturated heterocycles. The lowest BCUT2D eigenvalue weighted by Gasteiger charge is -2.22. The number of alkyl halides is 3. The number of ether oxygens (including phenoxy) is 1. The summed E-state index contributed by atoms with van der Waals surface area (Å²) < 4.78 is 45.4. The molecule has 0 saturated carbocycles. The predicted octanol–water partition coefficient (Wildman–Crippen LogP) is 3.54. The molecule has 0 bridgehead atoms. The minimum absolute atomic E-state index is 0.0404. The molecule has 6 nitrogen and oxygen atoms in total. The van der Waals surface area contributed by atoms with E-state index in [0.717, 1.165) is 6.07 Å². The van der Waals surface area contributed by atoms with E-state index >= 15 is 0 Å². The van der Waals surface area contributed by atoms with Crippen LogP contribution in [-0.4, -0.2) is 29.5 Å². The van der Waals surface area contributed by atoms with E-state index in [9.17, 15) is 27.6 Å². The molecule has 150 valence electrons. The van der Waals surface area contributed by atoms with Crippen LogP contribution in [0.5, 0.6) is 0 Å². The first-order valence-corrected chi connectivity index (χ1v) is 8.76. The quantitative estimate of drug-likeness (QED) is 0.731. The van der Waals surface area contributed by atoms with Crippen molar-refractivity contribution in [3.8, 4) is 0 Å². The maximum atomic E-state index is 13.3. The zero-order valence-corrected chi connectivity index (χ0v) is 14.8. The molecule has 2 aliphatic heterocycles. The molecule has 9 heteroatoms. The van der Waals surface area contributed by atoms with E-state index in [0.29, 0.717) is 5.06 Å². The number of hydrogen-bond acceptors (Lipinski definition) is 5. The van der Waals surface area contributed by atoms with Gasteiger partial charge in [0.25, 0.3) is 11.8 Å². The average molecular weight is 405 g/mol. The molecule has 0 spiro atoms. The molecule has 2 amide bonds. The third kappa shape index (κ3) is 3.27. The summed E-state index contributed by atoms with van der Waals surface area (Å²) >= 11 is 0. The van der Waals surface area contributed by atoms with Crippen LogP contribution in [0.3, 0.4) is 0 Å². The first-order valence-electron chi connectivity index (χ1n) is 8.76. The Balaban J connectivity index is 1.58. The number of nitrogens with zero attached hydrogens (tertiary/aromatic N) is 1. The largest absolute Gasteiger partial charge is 0.416 e. The topological polar surface area (TPSA) is 72.9 Å². The van der Waals surface area contributed by atoms with Gasteiger partial charge in [0.05, 0.1) is 28.7 Å². The molecule has 2 aliphatic rings. The van der Waals surface area contributed by atoms with Gasteiger partial charge in [-0.15, -0.1) is 0 Å². The number of fused-ring (bicyclic) bond motifs is 1. The van der Waals surface area contributed by atoms with Crippen molar-refractivity contribution >= 4 is 17.8 Å². The minimum atomic E-state index is -4.63. The lowest BCUT2D eigenvalue weighted by atomic mass is 9.92. The Morgan fingerprint density at radius 3 is 2.21 bits per heavy atom. The third-order valence-electron chi connectivity index (χ3n) is 4.91. The molecular formula is C20H14F3NO5. The summed E-state index contributed by atoms with van der Waals surface area (Å²) in [6, 6.07) is 10.8. The van der Waals surface area contributed by atoms with E-state index in [2.05, 4.69) is 0 Å². The highest BCUT2D eigenvalue weighted by Crippen LogP contribution is 2.42. The fourth-order valence-electron chi connectivity index (χ4n) is 3.55. The first-order chi connectivity index (χ1) is 13.8. The van der Waals surface area contributed by atoms with Crippen LogP contribution in [0.2, 0.25) is 0 Å². The molecule has 2 aromatic carbocycles. The standard InChI is InChI=1S/C20H14F3NO5/c21-20(22,23)15-8-4-3-7-13(15)16-14(9-10-28-16)19(27)29-24-17(25)11-5-1-2-6-12(11)18(24)26/h1-8,14,16H,9-10H2/t14-,16+/m1/s1. The maximum absolute atomic E-state index is 13.3. The molecule has 0 aliphatic carbocycles. The van der Waals surface area contributed by atoms with E-state index in [1.807, 2.05) is 0 Å². The Morgan fingerprint density at radius 2 is 1.59 bits per heavy atom. The number of rotatable bonds is 3. The molecule has 1 fully saturated rings. The number of halogens is 3. The Labute approximate surface area is 162 Å². The zero-order valence-electron chi connectivity index (χ0n) is 14.8. The highest BCUT2D eigenvalue weighted by molar-refractivity contribution is 6.20. The smallest absolute Gasteiger partial charge is 0.373 e. The fourth-order valence-corrected chi connectivity index (χ4v) is 3.55. The van der Waals surface area contributed by atoms with E-state index in [4.69, 9.17) is 9.57 Å². The van der Waals surface area contributed by atoms with Crippen LogP contribution in [-0.2, 0) is 20.5 Å². The van der Waals surface area contributed by atoms with Crippen LogP contribution in [0.25, 0.3) is 0 Å². The molecule has 2 atom stereocenters. The van der Waals surface area contributed by atoms with Crippen molar-refractivity contribution in [3.63, 3.8) is 0 Å². The van der Waals surface area contributed by atoms with Crippen LogP contribution in [0.1, 0.15) is 44.4 Å². The van der Waals surface area contributed by atoms with Gasteiger partial charge in [-0.25, -0.2) is 4.79 Å². The Kier molecular flexibility index (Phi) is 4.62. The van der Waals surface area contributed by atoms with Crippen molar-refractivity contribution in [2.45, 2.75) is 18.7 Å². The van der Waals surface area contributed by atoms with Gasteiger partial charge in [-0.05, 0) is 30.2 Å².